The van der Waals surface area contributed by atoms with Gasteiger partial charge in [0, 0.05) is 13.1 Å². The summed E-state index contributed by atoms with van der Waals surface area (Å²) in [5.41, 5.74) is 1.32. The molecular weight excluding hydrogens is 451 g/mol. The number of benzene rings is 1. The first-order valence-electron chi connectivity index (χ1n) is 10.2. The summed E-state index contributed by atoms with van der Waals surface area (Å²) in [6.07, 6.45) is 6.65. The zero-order chi connectivity index (χ0) is 18.2. The molecule has 6 heteroatoms. The Bertz CT molecular complexity index is 568. The molecule has 2 N–H and O–H groups in total. The fraction of sp³-hybridized carbons (Fsp3) is 0.667. The van der Waals surface area contributed by atoms with Crippen molar-refractivity contribution >= 4 is 29.9 Å². The second-order valence-corrected chi connectivity index (χ2v) is 7.41. The van der Waals surface area contributed by atoms with E-state index in [-0.39, 0.29) is 24.0 Å². The van der Waals surface area contributed by atoms with E-state index in [1.54, 1.807) is 7.11 Å². The number of aliphatic imine (C=N–C) groups is 1. The number of guanidine groups is 1. The van der Waals surface area contributed by atoms with Crippen molar-refractivity contribution in [3.8, 4) is 5.75 Å². The summed E-state index contributed by atoms with van der Waals surface area (Å²) in [5, 5.41) is 6.90. The SMILES string of the molecule is CCNC(=NCC(c1ccc(OC)cc1)N1CCCC1)NCCC1CC1.I. The molecule has 2 fully saturated rings. The molecule has 1 heterocycles. The third-order valence-corrected chi connectivity index (χ3v) is 5.39. The van der Waals surface area contributed by atoms with Crippen LogP contribution >= 0.6 is 24.0 Å². The molecule has 1 aliphatic carbocycles. The Hall–Kier alpha value is -1.02. The highest BCUT2D eigenvalue weighted by Crippen LogP contribution is 2.31. The first kappa shape index (κ1) is 22.3. The Morgan fingerprint density at radius 3 is 2.48 bits per heavy atom. The van der Waals surface area contributed by atoms with Gasteiger partial charge in [-0.1, -0.05) is 25.0 Å². The Kier molecular flexibility index (Phi) is 9.68. The average molecular weight is 486 g/mol. The molecule has 152 valence electrons. The third kappa shape index (κ3) is 7.14. The lowest BCUT2D eigenvalue weighted by Crippen LogP contribution is -2.39. The maximum Gasteiger partial charge on any atom is 0.191 e. The van der Waals surface area contributed by atoms with Crippen molar-refractivity contribution in [2.45, 2.75) is 45.1 Å². The van der Waals surface area contributed by atoms with E-state index in [1.807, 2.05) is 0 Å². The smallest absolute Gasteiger partial charge is 0.191 e. The zero-order valence-electron chi connectivity index (χ0n) is 16.7. The lowest BCUT2D eigenvalue weighted by atomic mass is 10.1. The van der Waals surface area contributed by atoms with Crippen molar-refractivity contribution < 1.29 is 4.74 Å². The van der Waals surface area contributed by atoms with E-state index >= 15 is 0 Å². The summed E-state index contributed by atoms with van der Waals surface area (Å²) in [6, 6.07) is 8.82. The number of likely N-dealkylation sites (tertiary alicyclic amines) is 1. The predicted octanol–water partition coefficient (Wildman–Crippen LogP) is 3.81. The highest BCUT2D eigenvalue weighted by atomic mass is 127. The van der Waals surface area contributed by atoms with Crippen LogP contribution in [0.4, 0.5) is 0 Å². The molecule has 0 aromatic heterocycles. The van der Waals surface area contributed by atoms with Crippen LogP contribution in [0.5, 0.6) is 5.75 Å². The minimum atomic E-state index is 0. The van der Waals surface area contributed by atoms with E-state index in [0.29, 0.717) is 6.04 Å². The van der Waals surface area contributed by atoms with E-state index in [2.05, 4.69) is 46.7 Å². The number of nitrogens with one attached hydrogen (secondary N) is 2. The topological polar surface area (TPSA) is 48.9 Å². The minimum Gasteiger partial charge on any atom is -0.497 e. The van der Waals surface area contributed by atoms with Crippen LogP contribution in [-0.2, 0) is 0 Å². The number of halogens is 1. The zero-order valence-corrected chi connectivity index (χ0v) is 19.1. The van der Waals surface area contributed by atoms with Crippen LogP contribution in [0, 0.1) is 5.92 Å². The Morgan fingerprint density at radius 2 is 1.89 bits per heavy atom. The first-order valence-corrected chi connectivity index (χ1v) is 10.2. The molecule has 0 bridgehead atoms. The highest BCUT2D eigenvalue weighted by molar-refractivity contribution is 14.0. The fourth-order valence-electron chi connectivity index (χ4n) is 3.63. The monoisotopic (exact) mass is 486 g/mol. The van der Waals surface area contributed by atoms with Gasteiger partial charge in [-0.3, -0.25) is 9.89 Å². The van der Waals surface area contributed by atoms with Crippen molar-refractivity contribution in [2.24, 2.45) is 10.9 Å². The summed E-state index contributed by atoms with van der Waals surface area (Å²) < 4.78 is 5.31. The quantitative estimate of drug-likeness (QED) is 0.317. The van der Waals surface area contributed by atoms with Crippen molar-refractivity contribution in [3.05, 3.63) is 29.8 Å². The van der Waals surface area contributed by atoms with Gasteiger partial charge in [0.2, 0.25) is 0 Å². The highest BCUT2D eigenvalue weighted by Gasteiger charge is 2.24. The van der Waals surface area contributed by atoms with Gasteiger partial charge < -0.3 is 15.4 Å². The van der Waals surface area contributed by atoms with Crippen LogP contribution in [0.1, 0.15) is 50.6 Å². The minimum absolute atomic E-state index is 0. The lowest BCUT2D eigenvalue weighted by molar-refractivity contribution is 0.251. The molecule has 1 aromatic rings. The second kappa shape index (κ2) is 11.7. The van der Waals surface area contributed by atoms with Crippen molar-refractivity contribution in [1.29, 1.82) is 0 Å². The summed E-state index contributed by atoms with van der Waals surface area (Å²) in [7, 11) is 1.72. The van der Waals surface area contributed by atoms with E-state index in [4.69, 9.17) is 9.73 Å². The molecule has 1 aliphatic heterocycles. The Balaban J connectivity index is 0.00000261. The molecule has 5 nitrogen and oxygen atoms in total. The van der Waals surface area contributed by atoms with Gasteiger partial charge in [0.1, 0.15) is 5.75 Å². The van der Waals surface area contributed by atoms with Gasteiger partial charge in [0.05, 0.1) is 19.7 Å². The number of ether oxygens (including phenoxy) is 1. The second-order valence-electron chi connectivity index (χ2n) is 7.41. The number of methoxy groups -OCH3 is 1. The van der Waals surface area contributed by atoms with Gasteiger partial charge in [0.25, 0.3) is 0 Å². The predicted molar refractivity (Wildman–Crippen MR) is 123 cm³/mol. The van der Waals surface area contributed by atoms with Gasteiger partial charge >= 0.3 is 0 Å². The number of nitrogens with zero attached hydrogens (tertiary/aromatic N) is 2. The summed E-state index contributed by atoms with van der Waals surface area (Å²) in [4.78, 5) is 7.48. The maximum atomic E-state index is 5.31. The Morgan fingerprint density at radius 1 is 1.19 bits per heavy atom. The van der Waals surface area contributed by atoms with E-state index in [1.165, 1.54) is 37.7 Å². The van der Waals surface area contributed by atoms with Gasteiger partial charge in [-0.2, -0.15) is 0 Å². The fourth-order valence-corrected chi connectivity index (χ4v) is 3.63. The number of hydrogen-bond acceptors (Lipinski definition) is 3. The van der Waals surface area contributed by atoms with Crippen molar-refractivity contribution in [1.82, 2.24) is 15.5 Å². The third-order valence-electron chi connectivity index (χ3n) is 5.39. The summed E-state index contributed by atoms with van der Waals surface area (Å²) >= 11 is 0. The van der Waals surface area contributed by atoms with Crippen molar-refractivity contribution in [3.63, 3.8) is 0 Å². The molecule has 1 saturated heterocycles. The van der Waals surface area contributed by atoms with Crippen molar-refractivity contribution in [2.75, 3.05) is 39.8 Å². The first-order chi connectivity index (χ1) is 12.8. The molecule has 1 atom stereocenters. The van der Waals surface area contributed by atoms with Gasteiger partial charge in [0.15, 0.2) is 5.96 Å². The van der Waals surface area contributed by atoms with E-state index in [0.717, 1.165) is 50.4 Å². The molecule has 1 aromatic carbocycles. The van der Waals surface area contributed by atoms with Gasteiger partial charge in [-0.05, 0) is 62.9 Å². The largest absolute Gasteiger partial charge is 0.497 e. The van der Waals surface area contributed by atoms with Crippen LogP contribution in [-0.4, -0.2) is 50.7 Å². The lowest BCUT2D eigenvalue weighted by Gasteiger charge is -2.27. The number of hydrogen-bond donors (Lipinski definition) is 2. The molecule has 1 unspecified atom stereocenters. The van der Waals surface area contributed by atoms with E-state index < -0.39 is 0 Å². The summed E-state index contributed by atoms with van der Waals surface area (Å²) in [6.45, 7) is 7.15. The molecule has 0 amide bonds. The molecule has 0 spiro atoms. The molecule has 0 radical (unpaired) electrons. The molecule has 3 rings (SSSR count). The maximum absolute atomic E-state index is 5.31. The van der Waals surface area contributed by atoms with Crippen LogP contribution < -0.4 is 15.4 Å². The van der Waals surface area contributed by atoms with Crippen LogP contribution in [0.2, 0.25) is 0 Å². The molecule has 2 aliphatic rings. The van der Waals surface area contributed by atoms with Gasteiger partial charge in [-0.15, -0.1) is 24.0 Å². The van der Waals surface area contributed by atoms with Crippen LogP contribution in [0.15, 0.2) is 29.3 Å². The van der Waals surface area contributed by atoms with Gasteiger partial charge in [-0.25, -0.2) is 0 Å². The normalized spacial score (nSPS) is 18.7. The summed E-state index contributed by atoms with van der Waals surface area (Å²) in [5.74, 6) is 2.81. The van der Waals surface area contributed by atoms with Crippen LogP contribution in [0.3, 0.4) is 0 Å². The average Bonchev–Trinajstić information content (AvgIpc) is 3.34. The number of rotatable bonds is 9. The van der Waals surface area contributed by atoms with E-state index in [9.17, 15) is 0 Å². The molecule has 27 heavy (non-hydrogen) atoms. The Labute approximate surface area is 181 Å². The molecule has 1 saturated carbocycles. The van der Waals surface area contributed by atoms with Crippen LogP contribution in [0.25, 0.3) is 0 Å². The molecular formula is C21H35IN4O. The standard InChI is InChI=1S/C21H34N4O.HI/c1-3-22-21(23-13-12-17-6-7-17)24-16-20(25-14-4-5-15-25)18-8-10-19(26-2)11-9-18;/h8-11,17,20H,3-7,12-16H2,1-2H3,(H2,22,23,24);1H.